The van der Waals surface area contributed by atoms with Gasteiger partial charge in [-0.25, -0.2) is 0 Å². The summed E-state index contributed by atoms with van der Waals surface area (Å²) < 4.78 is 0. The van der Waals surface area contributed by atoms with E-state index in [4.69, 9.17) is 0 Å². The Labute approximate surface area is 449 Å². The Bertz CT molecular complexity index is 2480. The number of fused-ring (bicyclic) bond motifs is 2. The number of hydrogen-bond donors (Lipinski definition) is 6. The zero-order chi connectivity index (χ0) is 55.2. The fraction of sp³-hybridized carbons (Fsp3) is 0.567. The van der Waals surface area contributed by atoms with Crippen LogP contribution in [0.2, 0.25) is 0 Å². The summed E-state index contributed by atoms with van der Waals surface area (Å²) in [6.45, 7) is 14.8. The van der Waals surface area contributed by atoms with Crippen LogP contribution in [0.15, 0.2) is 72.8 Å². The van der Waals surface area contributed by atoms with Gasteiger partial charge < -0.3 is 41.7 Å². The maximum atomic E-state index is 14.7. The van der Waals surface area contributed by atoms with E-state index in [1.165, 1.54) is 11.1 Å². The van der Waals surface area contributed by atoms with Gasteiger partial charge in [0.1, 0.15) is 24.2 Å². The lowest BCUT2D eigenvalue weighted by Crippen LogP contribution is -2.59. The Morgan fingerprint density at radius 3 is 1.30 bits per heavy atom. The SMILES string of the molecule is CN[C@@H](C)C(=O)N[C@H](C(=O)N1C[C@@H](CC(=O)c2cccc(C(=O)C[C@H]3C[C@@H](C(=O)N[C@@H]4CCCc5ccccc54)N(C(=O)[C@@H](NC(=O)[C@H](C)NC)C(C)(C)C)C3)c2)C[C@H]1C(=O)N[C@@H]1CCCc2ccccc21)C(C)(C)C. The summed E-state index contributed by atoms with van der Waals surface area (Å²) in [5, 5.41) is 18.2. The minimum atomic E-state index is -0.962. The van der Waals surface area contributed by atoms with E-state index in [9.17, 15) is 38.4 Å². The maximum absolute atomic E-state index is 14.7. The number of hydrogen-bond acceptors (Lipinski definition) is 10. The third-order valence-electron chi connectivity index (χ3n) is 16.2. The maximum Gasteiger partial charge on any atom is 0.246 e. The van der Waals surface area contributed by atoms with Crippen LogP contribution in [-0.4, -0.2) is 120 Å². The molecule has 3 aromatic rings. The van der Waals surface area contributed by atoms with E-state index in [-0.39, 0.29) is 86.1 Å². The molecular formula is C60H82N8O8. The third-order valence-corrected chi connectivity index (χ3v) is 16.2. The Hall–Kier alpha value is -6.26. The van der Waals surface area contributed by atoms with Crippen molar-refractivity contribution < 1.29 is 38.4 Å². The zero-order valence-corrected chi connectivity index (χ0v) is 46.3. The average Bonchev–Trinajstić information content (AvgIpc) is 4.03. The van der Waals surface area contributed by atoms with Crippen molar-refractivity contribution in [3.8, 4) is 0 Å². The Kier molecular flexibility index (Phi) is 18.4. The van der Waals surface area contributed by atoms with Gasteiger partial charge in [-0.05, 0) is 130 Å². The number of carbonyl (C=O) groups excluding carboxylic acids is 8. The molecule has 16 nitrogen and oxygen atoms in total. The van der Waals surface area contributed by atoms with Crippen molar-refractivity contribution in [1.29, 1.82) is 0 Å². The average molecular weight is 1040 g/mol. The number of likely N-dealkylation sites (tertiary alicyclic amines) is 2. The van der Waals surface area contributed by atoms with Gasteiger partial charge in [0.05, 0.1) is 24.2 Å². The molecular weight excluding hydrogens is 961 g/mol. The van der Waals surface area contributed by atoms with Crippen molar-refractivity contribution in [1.82, 2.24) is 41.7 Å². The first-order valence-electron chi connectivity index (χ1n) is 27.5. The number of ketones is 2. The van der Waals surface area contributed by atoms with Crippen LogP contribution in [0.1, 0.15) is 162 Å². The van der Waals surface area contributed by atoms with E-state index in [0.29, 0.717) is 11.1 Å². The number of Topliss-reactive ketones (excluding diaryl/α,β-unsaturated/α-hetero) is 2. The summed E-state index contributed by atoms with van der Waals surface area (Å²) in [6, 6.07) is 17.3. The fourth-order valence-electron chi connectivity index (χ4n) is 11.5. The smallest absolute Gasteiger partial charge is 0.246 e. The molecule has 76 heavy (non-hydrogen) atoms. The van der Waals surface area contributed by atoms with Crippen molar-refractivity contribution in [2.24, 2.45) is 22.7 Å². The molecule has 2 aliphatic heterocycles. The molecule has 0 aromatic heterocycles. The number of likely N-dealkylation sites (N-methyl/N-ethyl adjacent to an activating group) is 2. The van der Waals surface area contributed by atoms with Crippen LogP contribution in [0.5, 0.6) is 0 Å². The first-order valence-corrected chi connectivity index (χ1v) is 27.5. The molecule has 10 atom stereocenters. The summed E-state index contributed by atoms with van der Waals surface area (Å²) in [4.78, 5) is 117. The van der Waals surface area contributed by atoms with Crippen molar-refractivity contribution >= 4 is 47.0 Å². The normalized spacial score (nSPS) is 23.0. The van der Waals surface area contributed by atoms with E-state index in [1.54, 1.807) is 62.0 Å². The highest BCUT2D eigenvalue weighted by molar-refractivity contribution is 6.02. The second-order valence-electron chi connectivity index (χ2n) is 24.0. The summed E-state index contributed by atoms with van der Waals surface area (Å²) in [7, 11) is 3.33. The Balaban J connectivity index is 1.09. The van der Waals surface area contributed by atoms with Gasteiger partial charge in [-0.2, -0.15) is 0 Å². The molecule has 6 N–H and O–H groups in total. The highest BCUT2D eigenvalue weighted by atomic mass is 16.2. The largest absolute Gasteiger partial charge is 0.347 e. The number of aryl methyl sites for hydroxylation is 2. The van der Waals surface area contributed by atoms with Gasteiger partial charge in [-0.1, -0.05) is 108 Å². The molecule has 0 bridgehead atoms. The van der Waals surface area contributed by atoms with Gasteiger partial charge in [-0.3, -0.25) is 38.4 Å². The number of amides is 6. The van der Waals surface area contributed by atoms with Crippen LogP contribution in [-0.2, 0) is 41.6 Å². The topological polar surface area (TPSA) is 215 Å². The molecule has 0 radical (unpaired) electrons. The molecule has 0 unspecified atom stereocenters. The number of rotatable bonds is 18. The van der Waals surface area contributed by atoms with E-state index < -0.39 is 70.7 Å². The lowest BCUT2D eigenvalue weighted by molar-refractivity contribution is -0.144. The van der Waals surface area contributed by atoms with Crippen molar-refractivity contribution in [3.63, 3.8) is 0 Å². The quantitative estimate of drug-likeness (QED) is 0.0826. The fourth-order valence-corrected chi connectivity index (χ4v) is 11.5. The van der Waals surface area contributed by atoms with Gasteiger partial charge in [0.25, 0.3) is 0 Å². The highest BCUT2D eigenvalue weighted by Gasteiger charge is 2.48. The summed E-state index contributed by atoms with van der Waals surface area (Å²) in [5.41, 5.74) is 3.65. The molecule has 2 heterocycles. The predicted molar refractivity (Wildman–Crippen MR) is 292 cm³/mol. The lowest BCUT2D eigenvalue weighted by Gasteiger charge is -2.36. The number of carbonyl (C=O) groups is 8. The lowest BCUT2D eigenvalue weighted by atomic mass is 9.85. The predicted octanol–water partition coefficient (Wildman–Crippen LogP) is 5.93. The Morgan fingerprint density at radius 1 is 0.553 bits per heavy atom. The van der Waals surface area contributed by atoms with Crippen molar-refractivity contribution in [2.75, 3.05) is 27.2 Å². The second-order valence-corrected chi connectivity index (χ2v) is 24.0. The minimum absolute atomic E-state index is 0.00132. The third kappa shape index (κ3) is 13.5. The van der Waals surface area contributed by atoms with Crippen LogP contribution in [0.25, 0.3) is 0 Å². The Morgan fingerprint density at radius 2 is 0.934 bits per heavy atom. The monoisotopic (exact) mass is 1040 g/mol. The van der Waals surface area contributed by atoms with Gasteiger partial charge in [0.2, 0.25) is 35.4 Å². The number of benzene rings is 3. The van der Waals surface area contributed by atoms with Gasteiger partial charge in [0.15, 0.2) is 11.6 Å². The zero-order valence-electron chi connectivity index (χ0n) is 46.3. The summed E-state index contributed by atoms with van der Waals surface area (Å²) in [5.74, 6) is -3.44. The molecule has 410 valence electrons. The number of nitrogens with zero attached hydrogens (tertiary/aromatic N) is 2. The van der Waals surface area contributed by atoms with Gasteiger partial charge in [-0.15, -0.1) is 0 Å². The summed E-state index contributed by atoms with van der Waals surface area (Å²) >= 11 is 0. The molecule has 4 aliphatic rings. The molecule has 2 saturated heterocycles. The van der Waals surface area contributed by atoms with E-state index in [2.05, 4.69) is 44.0 Å². The van der Waals surface area contributed by atoms with Crippen LogP contribution < -0.4 is 31.9 Å². The minimum Gasteiger partial charge on any atom is -0.347 e. The summed E-state index contributed by atoms with van der Waals surface area (Å²) in [6.07, 6.45) is 5.58. The first kappa shape index (κ1) is 57.4. The highest BCUT2D eigenvalue weighted by Crippen LogP contribution is 2.36. The van der Waals surface area contributed by atoms with E-state index >= 15 is 0 Å². The molecule has 0 saturated carbocycles. The standard InChI is InChI=1S/C60H82N8O8/c1-35(61-9)53(71)65-51(59(3,4)5)57(75)67-33-37(28-47(67)55(73)63-45-26-16-20-39-18-11-13-24-43(39)45)30-49(69)41-22-15-23-42(32-41)50(70)31-38-29-48(56(74)64-46-27-17-21-40-19-12-14-25-44(40)46)68(34-38)58(76)52(60(6,7)8)66-54(72)36(2)62-10/h11-15,18-19,22-25,32,35-38,45-48,51-52,61-62H,16-17,20-21,26-31,33-34H2,1-10H3,(H,63,73)(H,64,74)(H,65,71)(H,66,72)/t35-,36-,37+,38+,45+,46+,47-,48-,51+,52+/m0/s1. The van der Waals surface area contributed by atoms with Crippen molar-refractivity contribution in [2.45, 2.75) is 168 Å². The van der Waals surface area contributed by atoms with Crippen LogP contribution in [0, 0.1) is 22.7 Å². The van der Waals surface area contributed by atoms with Gasteiger partial charge in [0, 0.05) is 37.1 Å². The van der Waals surface area contributed by atoms with Gasteiger partial charge >= 0.3 is 0 Å². The van der Waals surface area contributed by atoms with Crippen LogP contribution >= 0.6 is 0 Å². The van der Waals surface area contributed by atoms with Crippen LogP contribution in [0.4, 0.5) is 0 Å². The molecule has 0 spiro atoms. The first-order chi connectivity index (χ1) is 36.0. The molecule has 16 heteroatoms. The van der Waals surface area contributed by atoms with E-state index in [0.717, 1.165) is 49.7 Å². The molecule has 6 amide bonds. The second kappa shape index (κ2) is 24.4. The molecule has 7 rings (SSSR count). The van der Waals surface area contributed by atoms with Crippen molar-refractivity contribution in [3.05, 3.63) is 106 Å². The van der Waals surface area contributed by atoms with Crippen LogP contribution in [0.3, 0.4) is 0 Å². The van der Waals surface area contributed by atoms with E-state index in [1.807, 2.05) is 77.9 Å². The molecule has 2 fully saturated rings. The molecule has 2 aliphatic carbocycles. The number of nitrogens with one attached hydrogen (secondary N) is 6. The molecule has 3 aromatic carbocycles.